The first-order valence-corrected chi connectivity index (χ1v) is 8.15. The van der Waals surface area contributed by atoms with Crippen LogP contribution in [0.15, 0.2) is 35.8 Å². The average molecular weight is 335 g/mol. The maximum atomic E-state index is 13.0. The maximum absolute atomic E-state index is 13.0. The second-order valence-electron chi connectivity index (χ2n) is 5.08. The summed E-state index contributed by atoms with van der Waals surface area (Å²) in [4.78, 5) is 30.2. The van der Waals surface area contributed by atoms with E-state index in [2.05, 4.69) is 10.3 Å². The molecule has 23 heavy (non-hydrogen) atoms. The largest absolute Gasteiger partial charge is 0.327 e. The summed E-state index contributed by atoms with van der Waals surface area (Å²) >= 11 is 1.31. The molecule has 5 nitrogen and oxygen atoms in total. The molecular formula is C16H18FN3O2S. The molecule has 0 fully saturated rings. The predicted molar refractivity (Wildman–Crippen MR) is 87.9 cm³/mol. The van der Waals surface area contributed by atoms with Crippen molar-refractivity contribution in [2.75, 3.05) is 11.9 Å². The Morgan fingerprint density at radius 3 is 2.61 bits per heavy atom. The Kier molecular flexibility index (Phi) is 5.81. The van der Waals surface area contributed by atoms with Crippen molar-refractivity contribution in [3.8, 4) is 0 Å². The molecule has 1 unspecified atom stereocenters. The molecule has 2 amide bonds. The molecule has 1 N–H and O–H groups in total. The number of nitrogens with zero attached hydrogens (tertiary/aromatic N) is 2. The highest BCUT2D eigenvalue weighted by atomic mass is 32.1. The minimum atomic E-state index is -0.404. The molecule has 7 heteroatoms. The van der Waals surface area contributed by atoms with Gasteiger partial charge in [-0.2, -0.15) is 0 Å². The van der Waals surface area contributed by atoms with Gasteiger partial charge in [-0.25, -0.2) is 9.37 Å². The van der Waals surface area contributed by atoms with Crippen LogP contribution in [0.4, 0.5) is 9.52 Å². The van der Waals surface area contributed by atoms with Gasteiger partial charge >= 0.3 is 0 Å². The van der Waals surface area contributed by atoms with Crippen molar-refractivity contribution in [1.29, 1.82) is 0 Å². The Balaban J connectivity index is 2.11. The zero-order valence-electron chi connectivity index (χ0n) is 13.0. The van der Waals surface area contributed by atoms with Crippen molar-refractivity contribution in [3.05, 3.63) is 47.2 Å². The van der Waals surface area contributed by atoms with E-state index in [9.17, 15) is 14.0 Å². The highest BCUT2D eigenvalue weighted by molar-refractivity contribution is 7.13. The average Bonchev–Trinajstić information content (AvgIpc) is 3.05. The first kappa shape index (κ1) is 17.1. The third kappa shape index (κ3) is 4.59. The van der Waals surface area contributed by atoms with Crippen molar-refractivity contribution in [2.24, 2.45) is 0 Å². The molecule has 0 spiro atoms. The normalized spacial score (nSPS) is 11.8. The number of anilines is 1. The lowest BCUT2D eigenvalue weighted by atomic mass is 10.1. The lowest BCUT2D eigenvalue weighted by molar-refractivity contribution is -0.117. The van der Waals surface area contributed by atoms with Crippen molar-refractivity contribution in [1.82, 2.24) is 9.88 Å². The topological polar surface area (TPSA) is 62.3 Å². The molecule has 0 bridgehead atoms. The number of benzene rings is 1. The monoisotopic (exact) mass is 335 g/mol. The number of thiazole rings is 1. The molecule has 1 aromatic heterocycles. The van der Waals surface area contributed by atoms with Gasteiger partial charge in [0.05, 0.1) is 0 Å². The van der Waals surface area contributed by atoms with Crippen LogP contribution >= 0.6 is 11.3 Å². The first-order chi connectivity index (χ1) is 11.0. The second-order valence-corrected chi connectivity index (χ2v) is 5.98. The summed E-state index contributed by atoms with van der Waals surface area (Å²) in [5.41, 5.74) is 0.355. The van der Waals surface area contributed by atoms with Crippen LogP contribution in [0.1, 0.15) is 30.6 Å². The Bertz CT molecular complexity index is 658. The lowest BCUT2D eigenvalue weighted by Gasteiger charge is -2.28. The minimum Gasteiger partial charge on any atom is -0.327 e. The predicted octanol–water partition coefficient (Wildman–Crippen LogP) is 3.16. The van der Waals surface area contributed by atoms with E-state index >= 15 is 0 Å². The second kappa shape index (κ2) is 7.82. The Hall–Kier alpha value is -2.28. The van der Waals surface area contributed by atoms with Gasteiger partial charge < -0.3 is 10.2 Å². The van der Waals surface area contributed by atoms with Crippen molar-refractivity contribution >= 4 is 28.3 Å². The highest BCUT2D eigenvalue weighted by Gasteiger charge is 2.23. The van der Waals surface area contributed by atoms with E-state index < -0.39 is 5.82 Å². The molecule has 2 rings (SSSR count). The first-order valence-electron chi connectivity index (χ1n) is 7.27. The van der Waals surface area contributed by atoms with E-state index in [-0.39, 0.29) is 24.4 Å². The number of amides is 2. The number of carbonyl (C=O) groups excluding carboxylic acids is 2. The summed E-state index contributed by atoms with van der Waals surface area (Å²) in [5, 5.41) is 4.91. The van der Waals surface area contributed by atoms with Gasteiger partial charge in [0.25, 0.3) is 5.91 Å². The zero-order valence-corrected chi connectivity index (χ0v) is 13.8. The zero-order chi connectivity index (χ0) is 16.8. The number of nitrogens with one attached hydrogen (secondary N) is 1. The fourth-order valence-electron chi connectivity index (χ4n) is 2.01. The summed E-state index contributed by atoms with van der Waals surface area (Å²) < 4.78 is 13.0. The molecule has 2 aromatic rings. The fraction of sp³-hybridized carbons (Fsp3) is 0.312. The number of hydrogen-bond donors (Lipinski definition) is 1. The molecule has 1 aromatic carbocycles. The standard InChI is InChI=1S/C16H18FN3O2S/c1-3-11(2)20(10-14(21)19-16-18-8-9-23-16)15(22)12-4-6-13(17)7-5-12/h4-9,11H,3,10H2,1-2H3,(H,18,19,21). The molecule has 0 saturated carbocycles. The van der Waals surface area contributed by atoms with Crippen molar-refractivity contribution < 1.29 is 14.0 Å². The summed E-state index contributed by atoms with van der Waals surface area (Å²) in [7, 11) is 0. The van der Waals surface area contributed by atoms with E-state index in [0.29, 0.717) is 17.1 Å². The van der Waals surface area contributed by atoms with Gasteiger partial charge in [-0.3, -0.25) is 9.59 Å². The van der Waals surface area contributed by atoms with Gasteiger partial charge in [0.1, 0.15) is 12.4 Å². The third-order valence-corrected chi connectivity index (χ3v) is 4.16. The van der Waals surface area contributed by atoms with Gasteiger partial charge in [-0.1, -0.05) is 6.92 Å². The van der Waals surface area contributed by atoms with Crippen molar-refractivity contribution in [3.63, 3.8) is 0 Å². The molecule has 0 saturated heterocycles. The van der Waals surface area contributed by atoms with Crippen LogP contribution in [0, 0.1) is 5.82 Å². The van der Waals surface area contributed by atoms with Gasteiger partial charge in [-0.05, 0) is 37.6 Å². The summed E-state index contributed by atoms with van der Waals surface area (Å²) in [6.45, 7) is 3.73. The lowest BCUT2D eigenvalue weighted by Crippen LogP contribution is -2.43. The fourth-order valence-corrected chi connectivity index (χ4v) is 2.55. The smallest absolute Gasteiger partial charge is 0.254 e. The van der Waals surface area contributed by atoms with Gasteiger partial charge in [0, 0.05) is 23.2 Å². The number of aromatic nitrogens is 1. The number of rotatable bonds is 6. The van der Waals surface area contributed by atoms with Gasteiger partial charge in [-0.15, -0.1) is 11.3 Å². The number of hydrogen-bond acceptors (Lipinski definition) is 4. The summed E-state index contributed by atoms with van der Waals surface area (Å²) in [6, 6.07) is 5.20. The highest BCUT2D eigenvalue weighted by Crippen LogP contribution is 2.14. The van der Waals surface area contributed by atoms with Crippen LogP contribution in [0.25, 0.3) is 0 Å². The van der Waals surface area contributed by atoms with E-state index in [1.165, 1.54) is 40.5 Å². The molecule has 0 aliphatic heterocycles. The molecule has 122 valence electrons. The molecule has 0 aliphatic rings. The molecule has 1 heterocycles. The Labute approximate surface area is 138 Å². The molecular weight excluding hydrogens is 317 g/mol. The summed E-state index contributed by atoms with van der Waals surface area (Å²) in [5.74, 6) is -1.01. The van der Waals surface area contributed by atoms with Crippen LogP contribution in [0.5, 0.6) is 0 Å². The van der Waals surface area contributed by atoms with Crippen LogP contribution in [-0.2, 0) is 4.79 Å². The van der Waals surface area contributed by atoms with Crippen molar-refractivity contribution in [2.45, 2.75) is 26.3 Å². The van der Waals surface area contributed by atoms with Gasteiger partial charge in [0.15, 0.2) is 5.13 Å². The van der Waals surface area contributed by atoms with E-state index in [0.717, 1.165) is 0 Å². The Morgan fingerprint density at radius 1 is 1.35 bits per heavy atom. The summed E-state index contributed by atoms with van der Waals surface area (Å²) in [6.07, 6.45) is 2.30. The van der Waals surface area contributed by atoms with E-state index in [1.807, 2.05) is 13.8 Å². The molecule has 0 aliphatic carbocycles. The SMILES string of the molecule is CCC(C)N(CC(=O)Nc1nccs1)C(=O)c1ccc(F)cc1. The third-order valence-electron chi connectivity index (χ3n) is 3.47. The minimum absolute atomic E-state index is 0.0786. The van der Waals surface area contributed by atoms with Gasteiger partial charge in [0.2, 0.25) is 5.91 Å². The van der Waals surface area contributed by atoms with Crippen LogP contribution in [0.2, 0.25) is 0 Å². The Morgan fingerprint density at radius 2 is 2.04 bits per heavy atom. The van der Waals surface area contributed by atoms with Crippen LogP contribution in [-0.4, -0.2) is 34.3 Å². The maximum Gasteiger partial charge on any atom is 0.254 e. The van der Waals surface area contributed by atoms with Crippen LogP contribution < -0.4 is 5.32 Å². The van der Waals surface area contributed by atoms with Crippen LogP contribution in [0.3, 0.4) is 0 Å². The quantitative estimate of drug-likeness (QED) is 0.882. The molecule has 1 atom stereocenters. The number of halogens is 1. The van der Waals surface area contributed by atoms with E-state index in [1.54, 1.807) is 11.6 Å². The number of carbonyl (C=O) groups is 2. The molecule has 0 radical (unpaired) electrons. The van der Waals surface area contributed by atoms with E-state index in [4.69, 9.17) is 0 Å².